The van der Waals surface area contributed by atoms with Gasteiger partial charge in [0.05, 0.1) is 11.4 Å². The van der Waals surface area contributed by atoms with E-state index in [4.69, 9.17) is 4.52 Å². The number of amides is 1. The summed E-state index contributed by atoms with van der Waals surface area (Å²) in [6.45, 7) is 1.42. The van der Waals surface area contributed by atoms with Gasteiger partial charge >= 0.3 is 0 Å². The maximum absolute atomic E-state index is 12.8. The minimum absolute atomic E-state index is 0.0526. The van der Waals surface area contributed by atoms with E-state index in [0.717, 1.165) is 43.6 Å². The number of piperidine rings is 1. The second-order valence-electron chi connectivity index (χ2n) is 7.17. The fraction of sp³-hybridized carbons (Fsp3) is 0.579. The van der Waals surface area contributed by atoms with Gasteiger partial charge in [-0.25, -0.2) is 0 Å². The molecule has 1 amide bonds. The molecular weight excluding hydrogens is 316 g/mol. The Hall–Kier alpha value is -2.24. The van der Waals surface area contributed by atoms with Crippen molar-refractivity contribution in [2.24, 2.45) is 0 Å². The zero-order chi connectivity index (χ0) is 17.1. The number of hydrogen-bond acceptors (Lipinski definition) is 5. The monoisotopic (exact) mass is 340 g/mol. The Kier molecular flexibility index (Phi) is 4.76. The van der Waals surface area contributed by atoms with E-state index in [1.54, 1.807) is 18.6 Å². The predicted molar refractivity (Wildman–Crippen MR) is 92.2 cm³/mol. The Bertz CT molecular complexity index is 709. The first-order chi connectivity index (χ1) is 12.3. The standard InChI is InChI=1S/C19H24N4O2/c24-19(18-11-16(22-25-18)14-5-2-1-3-6-14)23-10-4-7-15(13-23)17-12-20-8-9-21-17/h8-9,11-12,14-15H,1-7,10,13H2/t15-/m0/s1. The molecule has 0 N–H and O–H groups in total. The van der Waals surface area contributed by atoms with Gasteiger partial charge in [0.15, 0.2) is 0 Å². The molecule has 1 saturated heterocycles. The van der Waals surface area contributed by atoms with E-state index in [1.807, 2.05) is 11.0 Å². The van der Waals surface area contributed by atoms with Crippen LogP contribution in [-0.4, -0.2) is 39.0 Å². The molecule has 0 aromatic carbocycles. The molecule has 1 atom stereocenters. The normalized spacial score (nSPS) is 22.1. The number of likely N-dealkylation sites (tertiary alicyclic amines) is 1. The van der Waals surface area contributed by atoms with Crippen molar-refractivity contribution in [3.63, 3.8) is 0 Å². The van der Waals surface area contributed by atoms with Crippen LogP contribution in [0.2, 0.25) is 0 Å². The van der Waals surface area contributed by atoms with Gasteiger partial charge in [0, 0.05) is 49.6 Å². The van der Waals surface area contributed by atoms with E-state index in [9.17, 15) is 4.79 Å². The summed E-state index contributed by atoms with van der Waals surface area (Å²) in [6, 6.07) is 1.87. The van der Waals surface area contributed by atoms with Crippen LogP contribution in [0.1, 0.15) is 78.7 Å². The van der Waals surface area contributed by atoms with Gasteiger partial charge in [0.25, 0.3) is 5.91 Å². The van der Waals surface area contributed by atoms with Crippen molar-refractivity contribution in [3.8, 4) is 0 Å². The third kappa shape index (κ3) is 3.57. The minimum atomic E-state index is -0.0526. The molecule has 1 saturated carbocycles. The fourth-order valence-corrected chi connectivity index (χ4v) is 4.06. The molecule has 132 valence electrons. The van der Waals surface area contributed by atoms with Gasteiger partial charge in [0.2, 0.25) is 5.76 Å². The second kappa shape index (κ2) is 7.33. The lowest BCUT2D eigenvalue weighted by Crippen LogP contribution is -2.39. The molecule has 6 nitrogen and oxygen atoms in total. The molecule has 2 aliphatic rings. The summed E-state index contributed by atoms with van der Waals surface area (Å²) in [5.41, 5.74) is 1.91. The lowest BCUT2D eigenvalue weighted by molar-refractivity contribution is 0.0663. The Labute approximate surface area is 147 Å². The van der Waals surface area contributed by atoms with Gasteiger partial charge in [0.1, 0.15) is 0 Å². The zero-order valence-electron chi connectivity index (χ0n) is 14.4. The summed E-state index contributed by atoms with van der Waals surface area (Å²) in [5.74, 6) is 1.02. The number of rotatable bonds is 3. The van der Waals surface area contributed by atoms with Crippen LogP contribution < -0.4 is 0 Å². The van der Waals surface area contributed by atoms with Gasteiger partial charge in [-0.1, -0.05) is 24.4 Å². The highest BCUT2D eigenvalue weighted by molar-refractivity contribution is 5.91. The minimum Gasteiger partial charge on any atom is -0.351 e. The van der Waals surface area contributed by atoms with Crippen LogP contribution >= 0.6 is 0 Å². The lowest BCUT2D eigenvalue weighted by Gasteiger charge is -2.31. The Balaban J connectivity index is 1.44. The number of nitrogens with zero attached hydrogens (tertiary/aromatic N) is 4. The Morgan fingerprint density at radius 1 is 1.04 bits per heavy atom. The summed E-state index contributed by atoms with van der Waals surface area (Å²) < 4.78 is 5.40. The summed E-state index contributed by atoms with van der Waals surface area (Å²) in [6.07, 6.45) is 13.3. The number of aromatic nitrogens is 3. The zero-order valence-corrected chi connectivity index (χ0v) is 14.4. The number of hydrogen-bond donors (Lipinski definition) is 0. The van der Waals surface area contributed by atoms with Crippen molar-refractivity contribution in [3.05, 3.63) is 41.8 Å². The Morgan fingerprint density at radius 3 is 2.68 bits per heavy atom. The van der Waals surface area contributed by atoms with Crippen molar-refractivity contribution in [2.75, 3.05) is 13.1 Å². The first kappa shape index (κ1) is 16.2. The molecule has 2 aromatic heterocycles. The second-order valence-corrected chi connectivity index (χ2v) is 7.17. The molecular formula is C19H24N4O2. The largest absolute Gasteiger partial charge is 0.351 e. The predicted octanol–water partition coefficient (Wildman–Crippen LogP) is 3.53. The summed E-state index contributed by atoms with van der Waals surface area (Å²) in [7, 11) is 0. The molecule has 3 heterocycles. The van der Waals surface area contributed by atoms with Gasteiger partial charge < -0.3 is 9.42 Å². The third-order valence-corrected chi connectivity index (χ3v) is 5.47. The van der Waals surface area contributed by atoms with Crippen molar-refractivity contribution in [1.29, 1.82) is 0 Å². The molecule has 0 unspecified atom stereocenters. The lowest BCUT2D eigenvalue weighted by atomic mass is 9.87. The van der Waals surface area contributed by atoms with E-state index < -0.39 is 0 Å². The molecule has 1 aliphatic heterocycles. The first-order valence-electron chi connectivity index (χ1n) is 9.33. The van der Waals surface area contributed by atoms with E-state index in [0.29, 0.717) is 18.2 Å². The molecule has 2 aromatic rings. The molecule has 0 radical (unpaired) electrons. The van der Waals surface area contributed by atoms with Crippen LogP contribution in [0.25, 0.3) is 0 Å². The van der Waals surface area contributed by atoms with Crippen LogP contribution in [0.5, 0.6) is 0 Å². The van der Waals surface area contributed by atoms with E-state index in [-0.39, 0.29) is 11.8 Å². The topological polar surface area (TPSA) is 72.1 Å². The smallest absolute Gasteiger partial charge is 0.292 e. The molecule has 2 fully saturated rings. The summed E-state index contributed by atoms with van der Waals surface area (Å²) in [5, 5.41) is 4.19. The van der Waals surface area contributed by atoms with Crippen LogP contribution in [0.4, 0.5) is 0 Å². The van der Waals surface area contributed by atoms with E-state index in [1.165, 1.54) is 19.3 Å². The highest BCUT2D eigenvalue weighted by Crippen LogP contribution is 2.32. The highest BCUT2D eigenvalue weighted by Gasteiger charge is 2.29. The SMILES string of the molecule is O=C(c1cc(C2CCCCC2)no1)N1CCC[C@H](c2cnccn2)C1. The van der Waals surface area contributed by atoms with E-state index >= 15 is 0 Å². The molecule has 25 heavy (non-hydrogen) atoms. The number of carbonyl (C=O) groups is 1. The van der Waals surface area contributed by atoms with Crippen LogP contribution in [0, 0.1) is 0 Å². The van der Waals surface area contributed by atoms with Crippen LogP contribution in [0.15, 0.2) is 29.2 Å². The van der Waals surface area contributed by atoms with Crippen LogP contribution in [-0.2, 0) is 0 Å². The maximum atomic E-state index is 12.8. The van der Waals surface area contributed by atoms with Gasteiger partial charge in [-0.05, 0) is 25.7 Å². The fourth-order valence-electron chi connectivity index (χ4n) is 4.06. The molecule has 0 spiro atoms. The summed E-state index contributed by atoms with van der Waals surface area (Å²) >= 11 is 0. The first-order valence-corrected chi connectivity index (χ1v) is 9.33. The average molecular weight is 340 g/mol. The van der Waals surface area contributed by atoms with Crippen molar-refractivity contribution >= 4 is 5.91 Å². The van der Waals surface area contributed by atoms with Crippen molar-refractivity contribution in [1.82, 2.24) is 20.0 Å². The number of carbonyl (C=O) groups excluding carboxylic acids is 1. The molecule has 4 rings (SSSR count). The van der Waals surface area contributed by atoms with Gasteiger partial charge in [-0.3, -0.25) is 14.8 Å². The summed E-state index contributed by atoms with van der Waals surface area (Å²) in [4.78, 5) is 23.2. The Morgan fingerprint density at radius 2 is 1.88 bits per heavy atom. The average Bonchev–Trinajstić information content (AvgIpc) is 3.19. The van der Waals surface area contributed by atoms with Crippen molar-refractivity contribution < 1.29 is 9.32 Å². The molecule has 6 heteroatoms. The highest BCUT2D eigenvalue weighted by atomic mass is 16.5. The quantitative estimate of drug-likeness (QED) is 0.854. The van der Waals surface area contributed by atoms with Gasteiger partial charge in [-0.15, -0.1) is 0 Å². The van der Waals surface area contributed by atoms with Gasteiger partial charge in [-0.2, -0.15) is 0 Å². The van der Waals surface area contributed by atoms with Crippen LogP contribution in [0.3, 0.4) is 0 Å². The molecule has 0 bridgehead atoms. The maximum Gasteiger partial charge on any atom is 0.292 e. The third-order valence-electron chi connectivity index (χ3n) is 5.47. The van der Waals surface area contributed by atoms with E-state index in [2.05, 4.69) is 15.1 Å². The molecule has 1 aliphatic carbocycles. The van der Waals surface area contributed by atoms with Crippen molar-refractivity contribution in [2.45, 2.75) is 56.8 Å².